The van der Waals surface area contributed by atoms with E-state index in [2.05, 4.69) is 0 Å². The predicted molar refractivity (Wildman–Crippen MR) is 50.9 cm³/mol. The summed E-state index contributed by atoms with van der Waals surface area (Å²) < 4.78 is 26.4. The lowest BCUT2D eigenvalue weighted by Gasteiger charge is -2.33. The summed E-state index contributed by atoms with van der Waals surface area (Å²) in [5.41, 5.74) is 0. The zero-order valence-electron chi connectivity index (χ0n) is 7.92. The Bertz CT molecular complexity index is 323. The van der Waals surface area contributed by atoms with E-state index in [9.17, 15) is 13.2 Å². The number of carbonyl (C=O) groups excluding carboxylic acids is 1. The molecule has 0 N–H and O–H groups in total. The quantitative estimate of drug-likeness (QED) is 0.606. The Hall–Kier alpha value is -0.460. The molecule has 80 valence electrons. The Kier molecular flexibility index (Phi) is 2.59. The third-order valence-electron chi connectivity index (χ3n) is 2.95. The molecular formula is C8H14N2O3S. The molecule has 0 bridgehead atoms. The van der Waals surface area contributed by atoms with E-state index in [1.54, 1.807) is 4.31 Å². The molecule has 1 saturated carbocycles. The fraction of sp³-hybridized carbons (Fsp3) is 0.875. The SMILES string of the molecule is O=CCN1CCN(C2CCC2)S1(=O)=O. The summed E-state index contributed by atoms with van der Waals surface area (Å²) in [6.07, 6.45) is 3.69. The zero-order valence-corrected chi connectivity index (χ0v) is 8.74. The molecule has 0 aromatic carbocycles. The second kappa shape index (κ2) is 3.60. The third-order valence-corrected chi connectivity index (χ3v) is 5.01. The Labute approximate surface area is 83.9 Å². The second-order valence-corrected chi connectivity index (χ2v) is 5.61. The summed E-state index contributed by atoms with van der Waals surface area (Å²) in [4.78, 5) is 10.3. The first-order valence-electron chi connectivity index (χ1n) is 4.87. The van der Waals surface area contributed by atoms with Gasteiger partial charge in [-0.15, -0.1) is 0 Å². The molecule has 2 aliphatic rings. The van der Waals surface area contributed by atoms with E-state index in [1.165, 1.54) is 4.31 Å². The van der Waals surface area contributed by atoms with Gasteiger partial charge in [0.05, 0.1) is 6.54 Å². The van der Waals surface area contributed by atoms with E-state index < -0.39 is 10.2 Å². The number of aldehydes is 1. The van der Waals surface area contributed by atoms with E-state index in [-0.39, 0.29) is 12.6 Å². The van der Waals surface area contributed by atoms with Crippen molar-refractivity contribution in [1.29, 1.82) is 0 Å². The van der Waals surface area contributed by atoms with Crippen molar-refractivity contribution in [2.45, 2.75) is 25.3 Å². The van der Waals surface area contributed by atoms with Crippen LogP contribution in [0.5, 0.6) is 0 Å². The minimum atomic E-state index is -3.31. The highest BCUT2D eigenvalue weighted by atomic mass is 32.2. The highest BCUT2D eigenvalue weighted by Gasteiger charge is 2.42. The van der Waals surface area contributed by atoms with Crippen LogP contribution in [-0.2, 0) is 15.0 Å². The van der Waals surface area contributed by atoms with Gasteiger partial charge in [0, 0.05) is 19.1 Å². The van der Waals surface area contributed by atoms with Crippen LogP contribution < -0.4 is 0 Å². The van der Waals surface area contributed by atoms with Crippen LogP contribution in [-0.4, -0.2) is 49.0 Å². The molecule has 6 heteroatoms. The smallest absolute Gasteiger partial charge is 0.282 e. The van der Waals surface area contributed by atoms with Crippen molar-refractivity contribution in [3.8, 4) is 0 Å². The van der Waals surface area contributed by atoms with Crippen molar-refractivity contribution in [2.75, 3.05) is 19.6 Å². The molecule has 5 nitrogen and oxygen atoms in total. The molecule has 0 aromatic heterocycles. The van der Waals surface area contributed by atoms with Crippen molar-refractivity contribution < 1.29 is 13.2 Å². The fourth-order valence-corrected chi connectivity index (χ4v) is 3.66. The van der Waals surface area contributed by atoms with Crippen molar-refractivity contribution in [3.63, 3.8) is 0 Å². The molecule has 0 amide bonds. The monoisotopic (exact) mass is 218 g/mol. The topological polar surface area (TPSA) is 57.7 Å². The van der Waals surface area contributed by atoms with Gasteiger partial charge in [-0.1, -0.05) is 6.42 Å². The maximum atomic E-state index is 11.8. The van der Waals surface area contributed by atoms with E-state index in [4.69, 9.17) is 0 Å². The van der Waals surface area contributed by atoms with Gasteiger partial charge in [0.15, 0.2) is 0 Å². The molecule has 1 aliphatic carbocycles. The molecule has 1 heterocycles. The van der Waals surface area contributed by atoms with Crippen LogP contribution in [0.2, 0.25) is 0 Å². The maximum Gasteiger partial charge on any atom is 0.282 e. The van der Waals surface area contributed by atoms with Gasteiger partial charge in [0.2, 0.25) is 0 Å². The molecule has 0 spiro atoms. The van der Waals surface area contributed by atoms with Gasteiger partial charge < -0.3 is 4.79 Å². The molecule has 0 atom stereocenters. The van der Waals surface area contributed by atoms with E-state index >= 15 is 0 Å². The molecule has 0 radical (unpaired) electrons. The molecular weight excluding hydrogens is 204 g/mol. The molecule has 2 fully saturated rings. The lowest BCUT2D eigenvalue weighted by molar-refractivity contribution is -0.108. The lowest BCUT2D eigenvalue weighted by atomic mass is 9.93. The van der Waals surface area contributed by atoms with Crippen LogP contribution in [0.3, 0.4) is 0 Å². The summed E-state index contributed by atoms with van der Waals surface area (Å²) >= 11 is 0. The number of carbonyl (C=O) groups is 1. The predicted octanol–water partition coefficient (Wildman–Crippen LogP) is -0.400. The van der Waals surface area contributed by atoms with E-state index in [0.29, 0.717) is 19.4 Å². The van der Waals surface area contributed by atoms with Gasteiger partial charge in [0.1, 0.15) is 6.29 Å². The Morgan fingerprint density at radius 1 is 1.29 bits per heavy atom. The van der Waals surface area contributed by atoms with Crippen molar-refractivity contribution in [1.82, 2.24) is 8.61 Å². The Morgan fingerprint density at radius 2 is 2.00 bits per heavy atom. The Balaban J connectivity index is 2.11. The van der Waals surface area contributed by atoms with Crippen LogP contribution in [0.1, 0.15) is 19.3 Å². The Morgan fingerprint density at radius 3 is 2.50 bits per heavy atom. The average Bonchev–Trinajstić information content (AvgIpc) is 2.29. The molecule has 1 aliphatic heterocycles. The lowest BCUT2D eigenvalue weighted by Crippen LogP contribution is -2.43. The van der Waals surface area contributed by atoms with Gasteiger partial charge in [-0.25, -0.2) is 0 Å². The van der Waals surface area contributed by atoms with Crippen LogP contribution in [0.25, 0.3) is 0 Å². The molecule has 0 unspecified atom stereocenters. The summed E-state index contributed by atoms with van der Waals surface area (Å²) in [5.74, 6) is 0. The van der Waals surface area contributed by atoms with E-state index in [1.807, 2.05) is 0 Å². The van der Waals surface area contributed by atoms with Crippen LogP contribution in [0, 0.1) is 0 Å². The highest BCUT2D eigenvalue weighted by molar-refractivity contribution is 7.87. The van der Waals surface area contributed by atoms with Gasteiger partial charge in [-0.05, 0) is 12.8 Å². The first-order chi connectivity index (χ1) is 6.66. The number of hydrogen-bond acceptors (Lipinski definition) is 3. The third kappa shape index (κ3) is 1.47. The minimum Gasteiger partial charge on any atom is -0.302 e. The molecule has 14 heavy (non-hydrogen) atoms. The molecule has 2 rings (SSSR count). The van der Waals surface area contributed by atoms with Crippen molar-refractivity contribution in [3.05, 3.63) is 0 Å². The second-order valence-electron chi connectivity index (χ2n) is 3.73. The average molecular weight is 218 g/mol. The van der Waals surface area contributed by atoms with Crippen LogP contribution >= 0.6 is 0 Å². The van der Waals surface area contributed by atoms with Crippen LogP contribution in [0.15, 0.2) is 0 Å². The van der Waals surface area contributed by atoms with Gasteiger partial charge in [-0.3, -0.25) is 0 Å². The summed E-state index contributed by atoms with van der Waals surface area (Å²) in [7, 11) is -3.31. The number of nitrogens with zero attached hydrogens (tertiary/aromatic N) is 2. The minimum absolute atomic E-state index is 0.00838. The van der Waals surface area contributed by atoms with E-state index in [0.717, 1.165) is 19.3 Å². The van der Waals surface area contributed by atoms with Gasteiger partial charge >= 0.3 is 0 Å². The summed E-state index contributed by atoms with van der Waals surface area (Å²) in [5, 5.41) is 0. The number of hydrogen-bond donors (Lipinski definition) is 0. The largest absolute Gasteiger partial charge is 0.302 e. The normalized spacial score (nSPS) is 28.9. The zero-order chi connectivity index (χ0) is 10.2. The summed E-state index contributed by atoms with van der Waals surface area (Å²) in [6, 6.07) is 0.191. The van der Waals surface area contributed by atoms with Crippen molar-refractivity contribution >= 4 is 16.5 Å². The molecule has 0 aromatic rings. The maximum absolute atomic E-state index is 11.8. The standard InChI is InChI=1S/C8H14N2O3S/c11-7-6-9-4-5-10(14(9,12)13)8-2-1-3-8/h7-8H,1-6H2. The summed E-state index contributed by atoms with van der Waals surface area (Å²) in [6.45, 7) is 0.990. The van der Waals surface area contributed by atoms with Gasteiger partial charge in [0.25, 0.3) is 10.2 Å². The number of rotatable bonds is 3. The van der Waals surface area contributed by atoms with Crippen LogP contribution in [0.4, 0.5) is 0 Å². The first kappa shape index (κ1) is 10.1. The van der Waals surface area contributed by atoms with Gasteiger partial charge in [-0.2, -0.15) is 17.0 Å². The first-order valence-corrected chi connectivity index (χ1v) is 6.26. The van der Waals surface area contributed by atoms with Crippen molar-refractivity contribution in [2.24, 2.45) is 0 Å². The molecule has 1 saturated heterocycles. The fourth-order valence-electron chi connectivity index (χ4n) is 1.90. The highest BCUT2D eigenvalue weighted by Crippen LogP contribution is 2.30.